The molecule has 0 fully saturated rings. The van der Waals surface area contributed by atoms with Crippen LogP contribution in [0.1, 0.15) is 15.2 Å². The zero-order chi connectivity index (χ0) is 11.5. The molecule has 4 heteroatoms. The molecule has 0 aliphatic heterocycles. The molecule has 0 radical (unpaired) electrons. The van der Waals surface area contributed by atoms with Gasteiger partial charge in [0.25, 0.3) is 0 Å². The Kier molecular flexibility index (Phi) is 2.80. The highest BCUT2D eigenvalue weighted by Crippen LogP contribution is 2.28. The van der Waals surface area contributed by atoms with Crippen LogP contribution in [0.4, 0.5) is 4.39 Å². The summed E-state index contributed by atoms with van der Waals surface area (Å²) in [5, 5.41) is 8.69. The predicted octanol–water partition coefficient (Wildman–Crippen LogP) is 3.24. The lowest BCUT2D eigenvalue weighted by molar-refractivity contribution is 0.112. The van der Waals surface area contributed by atoms with E-state index in [-0.39, 0.29) is 5.56 Å². The lowest BCUT2D eigenvalue weighted by Crippen LogP contribution is -1.87. The predicted molar refractivity (Wildman–Crippen MR) is 59.8 cm³/mol. The summed E-state index contributed by atoms with van der Waals surface area (Å²) in [5.74, 6) is -0.532. The number of halogens is 1. The molecule has 0 saturated heterocycles. The molecule has 0 bridgehead atoms. The van der Waals surface area contributed by atoms with Crippen molar-refractivity contribution in [3.63, 3.8) is 0 Å². The van der Waals surface area contributed by atoms with E-state index in [2.05, 4.69) is 0 Å². The molecule has 0 aliphatic rings. The van der Waals surface area contributed by atoms with Crippen molar-refractivity contribution in [2.45, 2.75) is 0 Å². The van der Waals surface area contributed by atoms with Gasteiger partial charge < -0.3 is 0 Å². The molecule has 0 unspecified atom stereocenters. The van der Waals surface area contributed by atoms with Crippen LogP contribution < -0.4 is 0 Å². The summed E-state index contributed by atoms with van der Waals surface area (Å²) in [6.45, 7) is 0. The van der Waals surface area contributed by atoms with Gasteiger partial charge in [-0.3, -0.25) is 4.79 Å². The lowest BCUT2D eigenvalue weighted by Gasteiger charge is -1.99. The molecular formula is C12H6FNOS. The first-order valence-electron chi connectivity index (χ1n) is 4.49. The molecule has 2 nitrogen and oxygen atoms in total. The smallest absolute Gasteiger partial charge is 0.153 e. The number of benzene rings is 1. The summed E-state index contributed by atoms with van der Waals surface area (Å²) in [4.78, 5) is 12.0. The van der Waals surface area contributed by atoms with E-state index in [0.717, 1.165) is 10.4 Å². The average molecular weight is 231 g/mol. The number of nitrogens with zero attached hydrogens (tertiary/aromatic N) is 1. The molecule has 0 spiro atoms. The van der Waals surface area contributed by atoms with Gasteiger partial charge in [0, 0.05) is 4.88 Å². The second kappa shape index (κ2) is 4.25. The van der Waals surface area contributed by atoms with E-state index in [1.807, 2.05) is 6.07 Å². The van der Waals surface area contributed by atoms with Crippen LogP contribution in [0.3, 0.4) is 0 Å². The number of carbonyl (C=O) groups is 1. The summed E-state index contributed by atoms with van der Waals surface area (Å²) >= 11 is 1.31. The molecule has 2 rings (SSSR count). The van der Waals surface area contributed by atoms with E-state index in [0.29, 0.717) is 11.2 Å². The molecule has 0 aliphatic carbocycles. The van der Waals surface area contributed by atoms with Crippen LogP contribution in [0.2, 0.25) is 0 Å². The molecule has 2 aromatic rings. The Morgan fingerprint density at radius 1 is 1.31 bits per heavy atom. The zero-order valence-electron chi connectivity index (χ0n) is 8.11. The monoisotopic (exact) mass is 231 g/mol. The molecule has 0 N–H and O–H groups in total. The van der Waals surface area contributed by atoms with Gasteiger partial charge in [0.1, 0.15) is 16.8 Å². The SMILES string of the molecule is N#Cc1ccc(-c2ccc(F)c(C=O)c2)s1. The van der Waals surface area contributed by atoms with Crippen LogP contribution in [0.15, 0.2) is 30.3 Å². The molecule has 1 heterocycles. The van der Waals surface area contributed by atoms with Crippen molar-refractivity contribution in [3.8, 4) is 16.5 Å². The normalized spacial score (nSPS) is 9.75. The van der Waals surface area contributed by atoms with Gasteiger partial charge in [-0.05, 0) is 29.8 Å². The fourth-order valence-electron chi connectivity index (χ4n) is 1.34. The van der Waals surface area contributed by atoms with Gasteiger partial charge in [-0.2, -0.15) is 5.26 Å². The van der Waals surface area contributed by atoms with Gasteiger partial charge in [0.15, 0.2) is 6.29 Å². The quantitative estimate of drug-likeness (QED) is 0.744. The fraction of sp³-hybridized carbons (Fsp3) is 0. The van der Waals surface area contributed by atoms with Crippen LogP contribution in [-0.2, 0) is 0 Å². The molecule has 0 amide bonds. The second-order valence-electron chi connectivity index (χ2n) is 3.13. The third-order valence-electron chi connectivity index (χ3n) is 2.12. The number of aldehydes is 1. The molecule has 16 heavy (non-hydrogen) atoms. The highest BCUT2D eigenvalue weighted by molar-refractivity contribution is 7.16. The van der Waals surface area contributed by atoms with E-state index in [9.17, 15) is 9.18 Å². The maximum Gasteiger partial charge on any atom is 0.153 e. The Labute approximate surface area is 95.6 Å². The lowest BCUT2D eigenvalue weighted by atomic mass is 10.1. The first-order chi connectivity index (χ1) is 7.74. The number of hydrogen-bond acceptors (Lipinski definition) is 3. The van der Waals surface area contributed by atoms with Crippen molar-refractivity contribution in [2.24, 2.45) is 0 Å². The maximum atomic E-state index is 13.1. The Hall–Kier alpha value is -1.99. The molecule has 0 atom stereocenters. The van der Waals surface area contributed by atoms with E-state index in [4.69, 9.17) is 5.26 Å². The largest absolute Gasteiger partial charge is 0.298 e. The molecule has 0 saturated carbocycles. The van der Waals surface area contributed by atoms with Crippen molar-refractivity contribution in [3.05, 3.63) is 46.6 Å². The zero-order valence-corrected chi connectivity index (χ0v) is 8.92. The van der Waals surface area contributed by atoms with Gasteiger partial charge in [0.2, 0.25) is 0 Å². The first-order valence-corrected chi connectivity index (χ1v) is 5.31. The molecular weight excluding hydrogens is 225 g/mol. The van der Waals surface area contributed by atoms with Crippen molar-refractivity contribution >= 4 is 17.6 Å². The van der Waals surface area contributed by atoms with Crippen LogP contribution >= 0.6 is 11.3 Å². The third kappa shape index (κ3) is 1.86. The van der Waals surface area contributed by atoms with Crippen molar-refractivity contribution in [2.75, 3.05) is 0 Å². The molecule has 1 aromatic carbocycles. The summed E-state index contributed by atoms with van der Waals surface area (Å²) in [6.07, 6.45) is 0.484. The van der Waals surface area contributed by atoms with Gasteiger partial charge in [-0.25, -0.2) is 4.39 Å². The summed E-state index contributed by atoms with van der Waals surface area (Å²) < 4.78 is 13.1. The van der Waals surface area contributed by atoms with E-state index >= 15 is 0 Å². The maximum absolute atomic E-state index is 13.1. The second-order valence-corrected chi connectivity index (χ2v) is 4.21. The Bertz CT molecular complexity index is 583. The minimum atomic E-state index is -0.532. The number of thiophene rings is 1. The highest BCUT2D eigenvalue weighted by atomic mass is 32.1. The topological polar surface area (TPSA) is 40.9 Å². The number of hydrogen-bond donors (Lipinski definition) is 0. The van der Waals surface area contributed by atoms with Crippen molar-refractivity contribution in [1.29, 1.82) is 5.26 Å². The standard InChI is InChI=1S/C12H6FNOS/c13-11-3-1-8(5-9(11)7-15)12-4-2-10(6-14)16-12/h1-5,7H. The summed E-state index contributed by atoms with van der Waals surface area (Å²) in [7, 11) is 0. The van der Waals surface area contributed by atoms with Crippen LogP contribution in [0, 0.1) is 17.1 Å². The number of rotatable bonds is 2. The van der Waals surface area contributed by atoms with Gasteiger partial charge >= 0.3 is 0 Å². The third-order valence-corrected chi connectivity index (χ3v) is 3.16. The van der Waals surface area contributed by atoms with Gasteiger partial charge in [-0.15, -0.1) is 11.3 Å². The Morgan fingerprint density at radius 3 is 2.75 bits per heavy atom. The Morgan fingerprint density at radius 2 is 2.12 bits per heavy atom. The average Bonchev–Trinajstić information content (AvgIpc) is 2.78. The van der Waals surface area contributed by atoms with Crippen LogP contribution in [-0.4, -0.2) is 6.29 Å². The number of carbonyl (C=O) groups excluding carboxylic acids is 1. The fourth-order valence-corrected chi connectivity index (χ4v) is 2.14. The summed E-state index contributed by atoms with van der Waals surface area (Å²) in [5.41, 5.74) is 0.777. The van der Waals surface area contributed by atoms with E-state index in [1.165, 1.54) is 23.5 Å². The molecule has 1 aromatic heterocycles. The molecule has 78 valence electrons. The Balaban J connectivity index is 2.48. The van der Waals surface area contributed by atoms with Crippen LogP contribution in [0.5, 0.6) is 0 Å². The van der Waals surface area contributed by atoms with E-state index in [1.54, 1.807) is 18.2 Å². The van der Waals surface area contributed by atoms with Gasteiger partial charge in [-0.1, -0.05) is 6.07 Å². The van der Waals surface area contributed by atoms with Gasteiger partial charge in [0.05, 0.1) is 5.56 Å². The van der Waals surface area contributed by atoms with Crippen molar-refractivity contribution < 1.29 is 9.18 Å². The number of nitriles is 1. The van der Waals surface area contributed by atoms with Crippen molar-refractivity contribution in [1.82, 2.24) is 0 Å². The first kappa shape index (κ1) is 10.5. The summed E-state index contributed by atoms with van der Waals surface area (Å²) in [6, 6.07) is 9.84. The van der Waals surface area contributed by atoms with Crippen LogP contribution in [0.25, 0.3) is 10.4 Å². The minimum absolute atomic E-state index is 0.0319. The highest BCUT2D eigenvalue weighted by Gasteiger charge is 2.06. The minimum Gasteiger partial charge on any atom is -0.298 e. The van der Waals surface area contributed by atoms with E-state index < -0.39 is 5.82 Å².